The minimum absolute atomic E-state index is 0.0144. The molecule has 0 spiro atoms. The van der Waals surface area contributed by atoms with E-state index in [0.29, 0.717) is 24.2 Å². The molecule has 29 heavy (non-hydrogen) atoms. The van der Waals surface area contributed by atoms with E-state index in [-0.39, 0.29) is 12.0 Å². The van der Waals surface area contributed by atoms with Gasteiger partial charge in [-0.1, -0.05) is 49.4 Å². The smallest absolute Gasteiger partial charge is 0.280 e. The molecule has 0 atom stereocenters. The number of nitrogens with zero attached hydrogens (tertiary/aromatic N) is 3. The lowest BCUT2D eigenvalue weighted by Gasteiger charge is -2.16. The maximum Gasteiger partial charge on any atom is 0.280 e. The van der Waals surface area contributed by atoms with Crippen LogP contribution in [0.5, 0.6) is 0 Å². The summed E-state index contributed by atoms with van der Waals surface area (Å²) >= 11 is 0. The van der Waals surface area contributed by atoms with Crippen molar-refractivity contribution in [1.29, 1.82) is 5.26 Å². The maximum atomic E-state index is 13.2. The van der Waals surface area contributed by atoms with Gasteiger partial charge in [0.2, 0.25) is 5.56 Å². The van der Waals surface area contributed by atoms with Gasteiger partial charge in [-0.05, 0) is 29.2 Å². The Morgan fingerprint density at radius 1 is 1.17 bits per heavy atom. The van der Waals surface area contributed by atoms with E-state index in [1.54, 1.807) is 6.07 Å². The number of aryl methyl sites for hydroxylation is 1. The van der Waals surface area contributed by atoms with Gasteiger partial charge in [-0.2, -0.15) is 5.26 Å². The Balaban J connectivity index is 1.97. The third-order valence-electron chi connectivity index (χ3n) is 4.84. The number of halogens is 2. The average Bonchev–Trinajstić information content (AvgIpc) is 2.73. The standard InChI is InChI=1S/C22H20BF2N3O/c1-2-5-18-27-20(21(24)25)19(23)22(29)28(18)13-14-8-10-15(11-9-14)17-7-4-3-6-16(17)12-26/h3-4,6-11,21H,2,5,13,23H2,1H3. The van der Waals surface area contributed by atoms with Gasteiger partial charge in [0.1, 0.15) is 19.4 Å². The third kappa shape index (κ3) is 4.27. The summed E-state index contributed by atoms with van der Waals surface area (Å²) in [6.07, 6.45) is -1.63. The van der Waals surface area contributed by atoms with Crippen molar-refractivity contribution < 1.29 is 8.78 Å². The van der Waals surface area contributed by atoms with Crippen LogP contribution in [0, 0.1) is 11.3 Å². The Kier molecular flexibility index (Phi) is 6.23. The van der Waals surface area contributed by atoms with Crippen molar-refractivity contribution in [2.75, 3.05) is 0 Å². The summed E-state index contributed by atoms with van der Waals surface area (Å²) in [5.74, 6) is 0.373. The summed E-state index contributed by atoms with van der Waals surface area (Å²) in [5, 5.41) is 9.28. The lowest BCUT2D eigenvalue weighted by Crippen LogP contribution is -2.40. The quantitative estimate of drug-likeness (QED) is 0.607. The molecule has 3 aromatic rings. The minimum Gasteiger partial charge on any atom is -0.293 e. The first-order chi connectivity index (χ1) is 14.0. The summed E-state index contributed by atoms with van der Waals surface area (Å²) in [5.41, 5.74) is 2.30. The Morgan fingerprint density at radius 2 is 1.86 bits per heavy atom. The molecule has 4 nitrogen and oxygen atoms in total. The summed E-state index contributed by atoms with van der Waals surface area (Å²) in [6.45, 7) is 2.17. The number of hydrogen-bond acceptors (Lipinski definition) is 3. The largest absolute Gasteiger partial charge is 0.293 e. The zero-order chi connectivity index (χ0) is 21.0. The van der Waals surface area contributed by atoms with E-state index in [1.165, 1.54) is 12.4 Å². The summed E-state index contributed by atoms with van der Waals surface area (Å²) < 4.78 is 27.9. The molecule has 0 aliphatic carbocycles. The molecule has 0 fully saturated rings. The molecule has 0 radical (unpaired) electrons. The van der Waals surface area contributed by atoms with Gasteiger partial charge in [0.15, 0.2) is 0 Å². The topological polar surface area (TPSA) is 58.7 Å². The fourth-order valence-corrected chi connectivity index (χ4v) is 3.31. The van der Waals surface area contributed by atoms with Gasteiger partial charge < -0.3 is 0 Å². The van der Waals surface area contributed by atoms with E-state index in [4.69, 9.17) is 0 Å². The summed E-state index contributed by atoms with van der Waals surface area (Å²) in [7, 11) is 1.39. The highest BCUT2D eigenvalue weighted by Crippen LogP contribution is 2.23. The maximum absolute atomic E-state index is 13.2. The molecular weight excluding hydrogens is 371 g/mol. The molecule has 0 amide bonds. The molecule has 0 saturated heterocycles. The van der Waals surface area contributed by atoms with E-state index >= 15 is 0 Å². The first-order valence-electron chi connectivity index (χ1n) is 9.43. The second-order valence-electron chi connectivity index (χ2n) is 6.83. The van der Waals surface area contributed by atoms with Crippen molar-refractivity contribution in [2.24, 2.45) is 0 Å². The Morgan fingerprint density at radius 3 is 2.48 bits per heavy atom. The van der Waals surface area contributed by atoms with Gasteiger partial charge >= 0.3 is 0 Å². The summed E-state index contributed by atoms with van der Waals surface area (Å²) in [6, 6.07) is 17.1. The van der Waals surface area contributed by atoms with Crippen molar-refractivity contribution in [3.63, 3.8) is 0 Å². The molecule has 3 rings (SSSR count). The van der Waals surface area contributed by atoms with E-state index in [9.17, 15) is 18.8 Å². The number of aromatic nitrogens is 2. The van der Waals surface area contributed by atoms with E-state index < -0.39 is 17.7 Å². The van der Waals surface area contributed by atoms with Crippen molar-refractivity contribution >= 4 is 13.3 Å². The van der Waals surface area contributed by atoms with Gasteiger partial charge in [-0.25, -0.2) is 13.8 Å². The zero-order valence-corrected chi connectivity index (χ0v) is 16.3. The molecule has 0 aliphatic rings. The second kappa shape index (κ2) is 8.83. The van der Waals surface area contributed by atoms with Gasteiger partial charge in [-0.3, -0.25) is 9.36 Å². The van der Waals surface area contributed by atoms with Crippen LogP contribution in [0.3, 0.4) is 0 Å². The lowest BCUT2D eigenvalue weighted by atomic mass is 9.95. The van der Waals surface area contributed by atoms with Gasteiger partial charge in [0, 0.05) is 11.9 Å². The molecule has 2 aromatic carbocycles. The summed E-state index contributed by atoms with van der Waals surface area (Å²) in [4.78, 5) is 16.8. The number of alkyl halides is 2. The number of rotatable bonds is 6. The predicted octanol–water partition coefficient (Wildman–Crippen LogP) is 2.98. The van der Waals surface area contributed by atoms with Crippen LogP contribution in [0.4, 0.5) is 8.78 Å². The minimum atomic E-state index is -2.77. The van der Waals surface area contributed by atoms with Crippen LogP contribution in [0.1, 0.15) is 42.4 Å². The van der Waals surface area contributed by atoms with E-state index in [2.05, 4.69) is 11.1 Å². The van der Waals surface area contributed by atoms with Crippen molar-refractivity contribution in [1.82, 2.24) is 9.55 Å². The monoisotopic (exact) mass is 391 g/mol. The number of nitriles is 1. The van der Waals surface area contributed by atoms with Gasteiger partial charge in [0.05, 0.1) is 18.2 Å². The first-order valence-corrected chi connectivity index (χ1v) is 9.43. The second-order valence-corrected chi connectivity index (χ2v) is 6.83. The average molecular weight is 391 g/mol. The SMILES string of the molecule is Bc1c(C(F)F)nc(CCC)n(Cc2ccc(-c3ccccc3C#N)cc2)c1=O. The zero-order valence-electron chi connectivity index (χ0n) is 16.3. The predicted molar refractivity (Wildman–Crippen MR) is 111 cm³/mol. The normalized spacial score (nSPS) is 10.9. The van der Waals surface area contributed by atoms with Crippen LogP contribution in [0.25, 0.3) is 11.1 Å². The molecule has 0 N–H and O–H groups in total. The molecular formula is C22H20BF2N3O. The Labute approximate surface area is 168 Å². The molecule has 0 unspecified atom stereocenters. The molecule has 0 saturated carbocycles. The van der Waals surface area contributed by atoms with Crippen molar-refractivity contribution in [3.8, 4) is 17.2 Å². The fourth-order valence-electron chi connectivity index (χ4n) is 3.31. The van der Waals surface area contributed by atoms with Crippen LogP contribution in [0.2, 0.25) is 0 Å². The van der Waals surface area contributed by atoms with Gasteiger partial charge in [-0.15, -0.1) is 0 Å². The molecule has 0 bridgehead atoms. The molecule has 0 aliphatic heterocycles. The number of benzene rings is 2. The van der Waals surface area contributed by atoms with Crippen LogP contribution in [0.15, 0.2) is 53.3 Å². The molecule has 146 valence electrons. The molecule has 7 heteroatoms. The van der Waals surface area contributed by atoms with E-state index in [0.717, 1.165) is 16.7 Å². The van der Waals surface area contributed by atoms with Gasteiger partial charge in [0.25, 0.3) is 6.43 Å². The number of hydrogen-bond donors (Lipinski definition) is 0. The van der Waals surface area contributed by atoms with Crippen LogP contribution >= 0.6 is 0 Å². The Hall–Kier alpha value is -3.27. The highest BCUT2D eigenvalue weighted by Gasteiger charge is 2.19. The van der Waals surface area contributed by atoms with Crippen molar-refractivity contribution in [3.05, 3.63) is 81.5 Å². The third-order valence-corrected chi connectivity index (χ3v) is 4.84. The lowest BCUT2D eigenvalue weighted by molar-refractivity contribution is 0.146. The van der Waals surface area contributed by atoms with Crippen LogP contribution in [-0.2, 0) is 13.0 Å². The molecule has 1 aromatic heterocycles. The van der Waals surface area contributed by atoms with E-state index in [1.807, 2.05) is 49.4 Å². The van der Waals surface area contributed by atoms with Crippen LogP contribution < -0.4 is 11.0 Å². The fraction of sp³-hybridized carbons (Fsp3) is 0.227. The Bertz CT molecular complexity index is 1120. The first kappa shape index (κ1) is 20.5. The highest BCUT2D eigenvalue weighted by molar-refractivity contribution is 6.32. The molecule has 1 heterocycles. The van der Waals surface area contributed by atoms with Crippen LogP contribution in [-0.4, -0.2) is 17.4 Å². The van der Waals surface area contributed by atoms with Crippen molar-refractivity contribution in [2.45, 2.75) is 32.7 Å². The highest BCUT2D eigenvalue weighted by atomic mass is 19.3.